The van der Waals surface area contributed by atoms with Gasteiger partial charge >= 0.3 is 0 Å². The predicted molar refractivity (Wildman–Crippen MR) is 103 cm³/mol. The third-order valence-corrected chi connectivity index (χ3v) is 6.24. The number of amides is 1. The fraction of sp³-hybridized carbons (Fsp3) is 0.889. The maximum absolute atomic E-state index is 11.7. The molecule has 0 radical (unpaired) electrons. The molecule has 5 heteroatoms. The van der Waals surface area contributed by atoms with Gasteiger partial charge in [-0.15, -0.1) is 0 Å². The van der Waals surface area contributed by atoms with Gasteiger partial charge in [0.15, 0.2) is 0 Å². The van der Waals surface area contributed by atoms with E-state index in [0.717, 1.165) is 43.2 Å². The summed E-state index contributed by atoms with van der Waals surface area (Å²) in [7, 11) is 0. The number of rotatable bonds is 16. The van der Waals surface area contributed by atoms with Crippen LogP contribution in [0.5, 0.6) is 0 Å². The van der Waals surface area contributed by atoms with Gasteiger partial charge in [0.05, 0.1) is 11.5 Å². The Hall–Kier alpha value is -0.160. The highest BCUT2D eigenvalue weighted by Crippen LogP contribution is 2.31. The van der Waals surface area contributed by atoms with E-state index in [-0.39, 0.29) is 5.91 Å². The summed E-state index contributed by atoms with van der Waals surface area (Å²) < 4.78 is 0. The van der Waals surface area contributed by atoms with Crippen molar-refractivity contribution in [3.63, 3.8) is 0 Å². The van der Waals surface area contributed by atoms with E-state index in [9.17, 15) is 9.59 Å². The van der Waals surface area contributed by atoms with Crippen LogP contribution in [0.4, 0.5) is 0 Å². The zero-order valence-corrected chi connectivity index (χ0v) is 16.2. The molecule has 0 saturated heterocycles. The van der Waals surface area contributed by atoms with Crippen LogP contribution in [0.1, 0.15) is 64.7 Å². The maximum atomic E-state index is 11.7. The van der Waals surface area contributed by atoms with Crippen LogP contribution in [0.3, 0.4) is 0 Å². The second kappa shape index (κ2) is 14.2. The zero-order valence-electron chi connectivity index (χ0n) is 14.6. The Kier molecular flexibility index (Phi) is 12.9. The van der Waals surface area contributed by atoms with Crippen LogP contribution >= 0.6 is 23.5 Å². The van der Waals surface area contributed by atoms with Crippen molar-refractivity contribution in [2.45, 2.75) is 64.7 Å². The first kappa shape index (κ1) is 20.9. The highest BCUT2D eigenvalue weighted by molar-refractivity contribution is 8.03. The molecule has 0 spiro atoms. The number of hydrogen-bond donors (Lipinski definition) is 1. The first-order chi connectivity index (χ1) is 11.2. The molecule has 0 aromatic heterocycles. The van der Waals surface area contributed by atoms with Gasteiger partial charge in [-0.05, 0) is 18.8 Å². The summed E-state index contributed by atoms with van der Waals surface area (Å²) in [4.78, 5) is 23.3. The van der Waals surface area contributed by atoms with Gasteiger partial charge in [0.25, 0.3) is 0 Å². The molecule has 1 saturated carbocycles. The molecule has 1 fully saturated rings. The Morgan fingerprint density at radius 3 is 2.39 bits per heavy atom. The number of thioether (sulfide) groups is 2. The molecule has 1 rings (SSSR count). The van der Waals surface area contributed by atoms with E-state index >= 15 is 0 Å². The molecule has 0 heterocycles. The Morgan fingerprint density at radius 1 is 1.00 bits per heavy atom. The molecule has 0 aliphatic heterocycles. The lowest BCUT2D eigenvalue weighted by molar-refractivity contribution is -0.118. The molecule has 0 atom stereocenters. The van der Waals surface area contributed by atoms with E-state index in [2.05, 4.69) is 12.2 Å². The molecule has 1 N–H and O–H groups in total. The smallest absolute Gasteiger partial charge is 0.229 e. The Bertz CT molecular complexity index is 333. The number of unbranched alkanes of at least 4 members (excludes halogenated alkanes) is 4. The second-order valence-corrected chi connectivity index (χ2v) is 8.60. The van der Waals surface area contributed by atoms with Gasteiger partial charge < -0.3 is 5.32 Å². The molecule has 0 unspecified atom stereocenters. The van der Waals surface area contributed by atoms with Crippen molar-refractivity contribution < 1.29 is 9.59 Å². The summed E-state index contributed by atoms with van der Waals surface area (Å²) in [6.45, 7) is 3.04. The van der Waals surface area contributed by atoms with E-state index in [1.165, 1.54) is 38.5 Å². The van der Waals surface area contributed by atoms with Crippen LogP contribution in [0, 0.1) is 5.92 Å². The standard InChI is InChI=1S/C18H33NO2S2/c1-2-3-4-5-6-7-17(20)14-22-12-13-23-15-18(21)19-11-10-16-8-9-16/h16H,2-15H2,1H3,(H,19,21). The van der Waals surface area contributed by atoms with E-state index in [0.29, 0.717) is 17.3 Å². The van der Waals surface area contributed by atoms with Crippen molar-refractivity contribution >= 4 is 35.2 Å². The SMILES string of the molecule is CCCCCCCC(=O)CSCCSCC(=O)NCCC1CC1. The third kappa shape index (κ3) is 13.9. The van der Waals surface area contributed by atoms with E-state index in [4.69, 9.17) is 0 Å². The van der Waals surface area contributed by atoms with Crippen LogP contribution in [0.25, 0.3) is 0 Å². The first-order valence-corrected chi connectivity index (χ1v) is 11.5. The van der Waals surface area contributed by atoms with Crippen LogP contribution in [-0.4, -0.2) is 41.2 Å². The first-order valence-electron chi connectivity index (χ1n) is 9.16. The van der Waals surface area contributed by atoms with Gasteiger partial charge in [-0.2, -0.15) is 23.5 Å². The predicted octanol–water partition coefficient (Wildman–Crippen LogP) is 4.30. The van der Waals surface area contributed by atoms with Gasteiger partial charge in [0.1, 0.15) is 5.78 Å². The number of ketones is 1. The highest BCUT2D eigenvalue weighted by Gasteiger charge is 2.20. The summed E-state index contributed by atoms with van der Waals surface area (Å²) in [5, 5.41) is 2.98. The van der Waals surface area contributed by atoms with Gasteiger partial charge in [0.2, 0.25) is 5.91 Å². The average Bonchev–Trinajstić information content (AvgIpc) is 3.35. The lowest BCUT2D eigenvalue weighted by atomic mass is 10.1. The van der Waals surface area contributed by atoms with Crippen LogP contribution in [-0.2, 0) is 9.59 Å². The minimum Gasteiger partial charge on any atom is -0.355 e. The maximum Gasteiger partial charge on any atom is 0.229 e. The van der Waals surface area contributed by atoms with E-state index in [1.54, 1.807) is 23.5 Å². The molecule has 0 aromatic carbocycles. The number of carbonyl (C=O) groups excluding carboxylic acids is 2. The fourth-order valence-electron chi connectivity index (χ4n) is 2.34. The second-order valence-electron chi connectivity index (χ2n) is 6.39. The Labute approximate surface area is 150 Å². The Balaban J connectivity index is 1.79. The van der Waals surface area contributed by atoms with Crippen molar-refractivity contribution in [3.05, 3.63) is 0 Å². The summed E-state index contributed by atoms with van der Waals surface area (Å²) >= 11 is 3.38. The van der Waals surface area contributed by atoms with Gasteiger partial charge in [-0.1, -0.05) is 45.4 Å². The quantitative estimate of drug-likeness (QED) is 0.417. The number of carbonyl (C=O) groups is 2. The molecule has 23 heavy (non-hydrogen) atoms. The Morgan fingerprint density at radius 2 is 1.70 bits per heavy atom. The number of nitrogens with one attached hydrogen (secondary N) is 1. The molecule has 1 aliphatic carbocycles. The van der Waals surface area contributed by atoms with Crippen LogP contribution < -0.4 is 5.32 Å². The minimum atomic E-state index is 0.156. The fourth-order valence-corrected chi connectivity index (χ4v) is 4.23. The molecule has 1 aliphatic rings. The topological polar surface area (TPSA) is 46.2 Å². The lowest BCUT2D eigenvalue weighted by Gasteiger charge is -2.05. The number of hydrogen-bond acceptors (Lipinski definition) is 4. The summed E-state index contributed by atoms with van der Waals surface area (Å²) in [6.07, 6.45) is 10.6. The van der Waals surface area contributed by atoms with Crippen LogP contribution in [0.2, 0.25) is 0 Å². The van der Waals surface area contributed by atoms with Gasteiger partial charge in [-0.3, -0.25) is 9.59 Å². The van der Waals surface area contributed by atoms with E-state index < -0.39 is 0 Å². The molecular weight excluding hydrogens is 326 g/mol. The lowest BCUT2D eigenvalue weighted by Crippen LogP contribution is -2.26. The summed E-state index contributed by atoms with van der Waals surface area (Å²) in [5.74, 6) is 4.52. The van der Waals surface area contributed by atoms with Crippen molar-refractivity contribution in [1.29, 1.82) is 0 Å². The zero-order chi connectivity index (χ0) is 16.8. The summed E-state index contributed by atoms with van der Waals surface area (Å²) in [5.41, 5.74) is 0. The average molecular weight is 360 g/mol. The van der Waals surface area contributed by atoms with Crippen molar-refractivity contribution in [2.24, 2.45) is 5.92 Å². The monoisotopic (exact) mass is 359 g/mol. The van der Waals surface area contributed by atoms with Crippen molar-refractivity contribution in [2.75, 3.05) is 29.6 Å². The van der Waals surface area contributed by atoms with Gasteiger partial charge in [0, 0.05) is 24.5 Å². The number of Topliss-reactive ketones (excluding diaryl/α,β-unsaturated/α-hetero) is 1. The third-order valence-electron chi connectivity index (χ3n) is 4.00. The summed E-state index contributed by atoms with van der Waals surface area (Å²) in [6, 6.07) is 0. The van der Waals surface area contributed by atoms with E-state index in [1.807, 2.05) is 0 Å². The molecule has 0 aromatic rings. The molecule has 134 valence electrons. The van der Waals surface area contributed by atoms with Crippen molar-refractivity contribution in [3.8, 4) is 0 Å². The molecule has 0 bridgehead atoms. The van der Waals surface area contributed by atoms with Gasteiger partial charge in [-0.25, -0.2) is 0 Å². The minimum absolute atomic E-state index is 0.156. The molecule has 3 nitrogen and oxygen atoms in total. The highest BCUT2D eigenvalue weighted by atomic mass is 32.2. The molecule has 1 amide bonds. The molecular formula is C18H33NO2S2. The van der Waals surface area contributed by atoms with Crippen LogP contribution in [0.15, 0.2) is 0 Å². The largest absolute Gasteiger partial charge is 0.355 e. The normalized spacial score (nSPS) is 14.0. The van der Waals surface area contributed by atoms with Crippen molar-refractivity contribution in [1.82, 2.24) is 5.32 Å².